The lowest BCUT2D eigenvalue weighted by atomic mass is 10.0. The third kappa shape index (κ3) is 4.00. The van der Waals surface area contributed by atoms with Crippen LogP contribution in [0.15, 0.2) is 35.7 Å². The Hall–Kier alpha value is -2.11. The number of carbonyl (C=O) groups excluding carboxylic acids is 1. The normalized spacial score (nSPS) is 11.0. The number of hydrogen-bond donors (Lipinski definition) is 0. The molecule has 136 valence electrons. The lowest BCUT2D eigenvalue weighted by Crippen LogP contribution is -2.38. The fourth-order valence-corrected chi connectivity index (χ4v) is 3.77. The molecule has 6 heteroatoms. The number of carbonyl (C=O) groups is 1. The maximum atomic E-state index is 12.6. The molecule has 0 fully saturated rings. The number of nitrogens with zero attached hydrogens (tertiary/aromatic N) is 3. The van der Waals surface area contributed by atoms with Gasteiger partial charge in [0.2, 0.25) is 0 Å². The Morgan fingerprint density at radius 3 is 2.54 bits per heavy atom. The van der Waals surface area contributed by atoms with Crippen molar-refractivity contribution in [1.82, 2.24) is 14.8 Å². The van der Waals surface area contributed by atoms with E-state index in [1.54, 1.807) is 35.2 Å². The molecule has 2 heterocycles. The van der Waals surface area contributed by atoms with E-state index in [1.807, 2.05) is 23.6 Å². The number of fused-ring (bicyclic) bond motifs is 1. The second kappa shape index (κ2) is 7.64. The van der Waals surface area contributed by atoms with E-state index in [-0.39, 0.29) is 6.03 Å². The second-order valence-electron chi connectivity index (χ2n) is 6.68. The van der Waals surface area contributed by atoms with Crippen LogP contribution in [-0.4, -0.2) is 34.9 Å². The van der Waals surface area contributed by atoms with E-state index in [1.165, 1.54) is 11.1 Å². The molecular formula is C20H22ClN3OS. The van der Waals surface area contributed by atoms with Gasteiger partial charge in [-0.1, -0.05) is 17.7 Å². The molecular weight excluding hydrogens is 366 g/mol. The summed E-state index contributed by atoms with van der Waals surface area (Å²) < 4.78 is 0. The summed E-state index contributed by atoms with van der Waals surface area (Å²) in [6, 6.07) is 10.2. The number of halogens is 1. The van der Waals surface area contributed by atoms with Crippen molar-refractivity contribution in [3.8, 4) is 0 Å². The maximum Gasteiger partial charge on any atom is 0.320 e. The number of pyridine rings is 1. The first-order valence-corrected chi connectivity index (χ1v) is 9.66. The van der Waals surface area contributed by atoms with Crippen LogP contribution in [0.2, 0.25) is 5.15 Å². The van der Waals surface area contributed by atoms with Crippen molar-refractivity contribution < 1.29 is 4.79 Å². The van der Waals surface area contributed by atoms with Crippen LogP contribution >= 0.6 is 22.9 Å². The zero-order valence-corrected chi connectivity index (χ0v) is 17.0. The summed E-state index contributed by atoms with van der Waals surface area (Å²) in [5.41, 5.74) is 4.14. The molecule has 0 aliphatic carbocycles. The predicted molar refractivity (Wildman–Crippen MR) is 109 cm³/mol. The number of aryl methyl sites for hydroxylation is 2. The number of hydrogen-bond acceptors (Lipinski definition) is 3. The minimum atomic E-state index is -0.0466. The first kappa shape index (κ1) is 18.7. The quantitative estimate of drug-likeness (QED) is 0.573. The van der Waals surface area contributed by atoms with Gasteiger partial charge in [0.1, 0.15) is 5.15 Å². The molecule has 2 amide bonds. The smallest absolute Gasteiger partial charge is 0.320 e. The summed E-state index contributed by atoms with van der Waals surface area (Å²) in [5.74, 6) is 0. The summed E-state index contributed by atoms with van der Waals surface area (Å²) in [5, 5.41) is 3.51. The van der Waals surface area contributed by atoms with Crippen LogP contribution in [0.4, 0.5) is 4.79 Å². The van der Waals surface area contributed by atoms with Gasteiger partial charge in [0.05, 0.1) is 18.6 Å². The molecule has 0 aliphatic heterocycles. The Labute approximate surface area is 163 Å². The fourth-order valence-electron chi connectivity index (χ4n) is 2.84. The summed E-state index contributed by atoms with van der Waals surface area (Å²) in [6.45, 7) is 5.12. The molecule has 0 bridgehead atoms. The van der Waals surface area contributed by atoms with Crippen LogP contribution in [-0.2, 0) is 13.1 Å². The van der Waals surface area contributed by atoms with E-state index >= 15 is 0 Å². The topological polar surface area (TPSA) is 36.4 Å². The minimum Gasteiger partial charge on any atom is -0.331 e. The summed E-state index contributed by atoms with van der Waals surface area (Å²) in [7, 11) is 3.52. The molecule has 0 atom stereocenters. The molecule has 0 saturated heterocycles. The molecule has 2 aromatic heterocycles. The molecule has 0 spiro atoms. The van der Waals surface area contributed by atoms with Gasteiger partial charge in [-0.2, -0.15) is 0 Å². The average molecular weight is 388 g/mol. The Morgan fingerprint density at radius 1 is 1.15 bits per heavy atom. The van der Waals surface area contributed by atoms with Gasteiger partial charge in [-0.3, -0.25) is 0 Å². The first-order chi connectivity index (χ1) is 12.3. The predicted octanol–water partition coefficient (Wildman–Crippen LogP) is 5.25. The van der Waals surface area contributed by atoms with E-state index in [9.17, 15) is 4.79 Å². The number of urea groups is 1. The van der Waals surface area contributed by atoms with E-state index < -0.39 is 0 Å². The lowest BCUT2D eigenvalue weighted by Gasteiger charge is -2.26. The highest BCUT2D eigenvalue weighted by atomic mass is 35.5. The van der Waals surface area contributed by atoms with Crippen molar-refractivity contribution in [2.75, 3.05) is 14.1 Å². The molecule has 3 rings (SSSR count). The number of aromatic nitrogens is 1. The molecule has 0 unspecified atom stereocenters. The van der Waals surface area contributed by atoms with Crippen LogP contribution in [0.25, 0.3) is 10.9 Å². The molecule has 3 aromatic rings. The zero-order chi connectivity index (χ0) is 18.8. The Kier molecular flexibility index (Phi) is 5.49. The second-order valence-corrected chi connectivity index (χ2v) is 8.07. The monoisotopic (exact) mass is 387 g/mol. The van der Waals surface area contributed by atoms with Crippen LogP contribution in [0.1, 0.15) is 21.6 Å². The van der Waals surface area contributed by atoms with E-state index in [4.69, 9.17) is 11.6 Å². The Morgan fingerprint density at radius 2 is 1.88 bits per heavy atom. The number of benzene rings is 1. The Balaban J connectivity index is 1.95. The molecule has 0 radical (unpaired) electrons. The maximum absolute atomic E-state index is 12.6. The minimum absolute atomic E-state index is 0.0466. The molecule has 4 nitrogen and oxygen atoms in total. The molecule has 1 aromatic carbocycles. The summed E-state index contributed by atoms with van der Waals surface area (Å²) >= 11 is 8.09. The van der Waals surface area contributed by atoms with Gasteiger partial charge >= 0.3 is 6.03 Å². The summed E-state index contributed by atoms with van der Waals surface area (Å²) in [6.07, 6.45) is 0. The van der Waals surface area contributed by atoms with Gasteiger partial charge in [-0.05, 0) is 54.6 Å². The van der Waals surface area contributed by atoms with Gasteiger partial charge in [-0.25, -0.2) is 9.78 Å². The number of amides is 2. The van der Waals surface area contributed by atoms with Crippen LogP contribution in [0.3, 0.4) is 0 Å². The highest BCUT2D eigenvalue weighted by Gasteiger charge is 2.19. The van der Waals surface area contributed by atoms with E-state index in [0.717, 1.165) is 21.3 Å². The SMILES string of the molecule is Cc1cc2cc(CN(Cc3cccs3)C(=O)N(C)C)c(Cl)nc2cc1C. The van der Waals surface area contributed by atoms with E-state index in [2.05, 4.69) is 31.0 Å². The number of rotatable bonds is 4. The number of thiophene rings is 1. The van der Waals surface area contributed by atoms with Gasteiger partial charge in [0.15, 0.2) is 0 Å². The van der Waals surface area contributed by atoms with Crippen LogP contribution in [0, 0.1) is 13.8 Å². The third-order valence-electron chi connectivity index (χ3n) is 4.40. The van der Waals surface area contributed by atoms with Crippen LogP contribution in [0.5, 0.6) is 0 Å². The van der Waals surface area contributed by atoms with Crippen LogP contribution < -0.4 is 0 Å². The lowest BCUT2D eigenvalue weighted by molar-refractivity contribution is 0.166. The van der Waals surface area contributed by atoms with Gasteiger partial charge < -0.3 is 9.80 Å². The van der Waals surface area contributed by atoms with Gasteiger partial charge in [0.25, 0.3) is 0 Å². The molecule has 0 aliphatic rings. The highest BCUT2D eigenvalue weighted by Crippen LogP contribution is 2.25. The Bertz CT molecular complexity index is 938. The third-order valence-corrected chi connectivity index (χ3v) is 5.59. The van der Waals surface area contributed by atoms with Crippen molar-refractivity contribution in [2.24, 2.45) is 0 Å². The molecule has 26 heavy (non-hydrogen) atoms. The van der Waals surface area contributed by atoms with Crippen molar-refractivity contribution in [3.05, 3.63) is 62.4 Å². The highest BCUT2D eigenvalue weighted by molar-refractivity contribution is 7.09. The van der Waals surface area contributed by atoms with Crippen molar-refractivity contribution >= 4 is 39.9 Å². The molecule has 0 N–H and O–H groups in total. The first-order valence-electron chi connectivity index (χ1n) is 8.40. The average Bonchev–Trinajstić information content (AvgIpc) is 3.09. The van der Waals surface area contributed by atoms with Gasteiger partial charge in [-0.15, -0.1) is 11.3 Å². The fraction of sp³-hybridized carbons (Fsp3) is 0.300. The van der Waals surface area contributed by atoms with Crippen molar-refractivity contribution in [3.63, 3.8) is 0 Å². The largest absolute Gasteiger partial charge is 0.331 e. The van der Waals surface area contributed by atoms with Crippen molar-refractivity contribution in [1.29, 1.82) is 0 Å². The summed E-state index contributed by atoms with van der Waals surface area (Å²) in [4.78, 5) is 21.7. The van der Waals surface area contributed by atoms with E-state index in [0.29, 0.717) is 18.2 Å². The van der Waals surface area contributed by atoms with Crippen molar-refractivity contribution in [2.45, 2.75) is 26.9 Å². The van der Waals surface area contributed by atoms with Gasteiger partial charge in [0, 0.05) is 29.9 Å². The zero-order valence-electron chi connectivity index (χ0n) is 15.4. The molecule has 0 saturated carbocycles. The standard InChI is InChI=1S/C20H22ClN3OS/c1-13-8-15-10-16(19(21)22-18(15)9-14(13)2)11-24(20(25)23(3)4)12-17-6-5-7-26-17/h5-10H,11-12H2,1-4H3.